The molecule has 1 aliphatic rings. The van der Waals surface area contributed by atoms with Gasteiger partial charge in [0.1, 0.15) is 10.7 Å². The number of rotatable bonds is 5. The lowest BCUT2D eigenvalue weighted by Gasteiger charge is -2.25. The molecule has 0 aromatic carbocycles. The Hall–Kier alpha value is -1.90. The van der Waals surface area contributed by atoms with E-state index in [9.17, 15) is 9.59 Å². The summed E-state index contributed by atoms with van der Waals surface area (Å²) in [5, 5.41) is 7.50. The van der Waals surface area contributed by atoms with Crippen LogP contribution in [0.25, 0.3) is 0 Å². The van der Waals surface area contributed by atoms with E-state index in [1.165, 1.54) is 11.3 Å². The summed E-state index contributed by atoms with van der Waals surface area (Å²) in [5.74, 6) is -0.764. The second-order valence-electron chi connectivity index (χ2n) is 5.68. The number of carbonyl (C=O) groups is 2. The molecule has 2 amide bonds. The number of hydrogen-bond donors (Lipinski definition) is 2. The van der Waals surface area contributed by atoms with Gasteiger partial charge in [0.25, 0.3) is 11.8 Å². The van der Waals surface area contributed by atoms with Gasteiger partial charge in [0.05, 0.1) is 5.56 Å². The first kappa shape index (κ1) is 19.4. The number of nitrogens with two attached hydrogens (primary N) is 1. The number of nitrogens with zero attached hydrogens (tertiary/aromatic N) is 3. The predicted molar refractivity (Wildman–Crippen MR) is 101 cm³/mol. The molecule has 0 radical (unpaired) electrons. The van der Waals surface area contributed by atoms with Gasteiger partial charge in [-0.05, 0) is 31.5 Å². The fourth-order valence-electron chi connectivity index (χ4n) is 3.02. The van der Waals surface area contributed by atoms with E-state index < -0.39 is 5.91 Å². The van der Waals surface area contributed by atoms with Crippen molar-refractivity contribution in [1.29, 1.82) is 0 Å². The summed E-state index contributed by atoms with van der Waals surface area (Å²) in [6.45, 7) is 7.28. The second kappa shape index (κ2) is 7.99. The van der Waals surface area contributed by atoms with Crippen LogP contribution >= 0.6 is 23.7 Å². The number of thiophene rings is 1. The fraction of sp³-hybridized carbons (Fsp3) is 0.438. The molecule has 0 saturated carbocycles. The zero-order chi connectivity index (χ0) is 17.3. The first-order chi connectivity index (χ1) is 11.5. The minimum absolute atomic E-state index is 0. The highest BCUT2D eigenvalue weighted by Crippen LogP contribution is 2.37. The third kappa shape index (κ3) is 3.70. The molecule has 7 nitrogen and oxygen atoms in total. The van der Waals surface area contributed by atoms with Gasteiger partial charge in [0.2, 0.25) is 0 Å². The maximum Gasteiger partial charge on any atom is 0.274 e. The Balaban J connectivity index is 0.00000225. The van der Waals surface area contributed by atoms with Gasteiger partial charge in [0, 0.05) is 30.7 Å². The topological polar surface area (TPSA) is 93.2 Å². The van der Waals surface area contributed by atoms with Crippen LogP contribution in [0.15, 0.2) is 12.3 Å². The third-order valence-corrected chi connectivity index (χ3v) is 5.44. The monoisotopic (exact) mass is 383 g/mol. The van der Waals surface area contributed by atoms with E-state index in [-0.39, 0.29) is 18.3 Å². The Morgan fingerprint density at radius 2 is 2.12 bits per heavy atom. The summed E-state index contributed by atoms with van der Waals surface area (Å²) < 4.78 is 1.62. The van der Waals surface area contributed by atoms with Crippen molar-refractivity contribution in [3.63, 3.8) is 0 Å². The predicted octanol–water partition coefficient (Wildman–Crippen LogP) is 2.12. The molecule has 2 aromatic rings. The largest absolute Gasteiger partial charge is 0.365 e. The zero-order valence-corrected chi connectivity index (χ0v) is 15.9. The molecule has 0 saturated heterocycles. The van der Waals surface area contributed by atoms with Crippen LogP contribution in [0.3, 0.4) is 0 Å². The van der Waals surface area contributed by atoms with Crippen LogP contribution in [-0.4, -0.2) is 39.6 Å². The molecule has 0 spiro atoms. The molecule has 0 bridgehead atoms. The molecule has 9 heteroatoms. The molecule has 2 aromatic heterocycles. The number of aromatic nitrogens is 2. The normalized spacial score (nSPS) is 13.8. The van der Waals surface area contributed by atoms with Crippen LogP contribution < -0.4 is 11.1 Å². The van der Waals surface area contributed by atoms with Gasteiger partial charge < -0.3 is 11.1 Å². The SMILES string of the molecule is CCN1CCc2c(sc(NC(=O)c3ccnn3CC)c2C(N)=O)C1.Cl. The maximum absolute atomic E-state index is 12.5. The average molecular weight is 384 g/mol. The Kier molecular flexibility index (Phi) is 6.21. The molecule has 3 heterocycles. The molecular formula is C16H22ClN5O2S. The highest BCUT2D eigenvalue weighted by atomic mass is 35.5. The van der Waals surface area contributed by atoms with E-state index in [4.69, 9.17) is 5.73 Å². The molecule has 25 heavy (non-hydrogen) atoms. The summed E-state index contributed by atoms with van der Waals surface area (Å²) in [6.07, 6.45) is 2.37. The molecular weight excluding hydrogens is 362 g/mol. The quantitative estimate of drug-likeness (QED) is 0.826. The van der Waals surface area contributed by atoms with Gasteiger partial charge in [-0.25, -0.2) is 0 Å². The van der Waals surface area contributed by atoms with E-state index >= 15 is 0 Å². The Morgan fingerprint density at radius 3 is 2.76 bits per heavy atom. The van der Waals surface area contributed by atoms with Gasteiger partial charge >= 0.3 is 0 Å². The average Bonchev–Trinajstić information content (AvgIpc) is 3.17. The number of anilines is 1. The van der Waals surface area contributed by atoms with E-state index in [1.54, 1.807) is 16.9 Å². The summed E-state index contributed by atoms with van der Waals surface area (Å²) in [7, 11) is 0. The number of hydrogen-bond acceptors (Lipinski definition) is 5. The lowest BCUT2D eigenvalue weighted by atomic mass is 10.0. The number of nitrogens with one attached hydrogen (secondary N) is 1. The lowest BCUT2D eigenvalue weighted by Crippen LogP contribution is -2.30. The number of amides is 2. The third-order valence-electron chi connectivity index (χ3n) is 4.31. The summed E-state index contributed by atoms with van der Waals surface area (Å²) >= 11 is 1.44. The maximum atomic E-state index is 12.5. The van der Waals surface area contributed by atoms with Gasteiger partial charge in [-0.3, -0.25) is 19.2 Å². The van der Waals surface area contributed by atoms with Crippen molar-refractivity contribution in [2.24, 2.45) is 5.73 Å². The van der Waals surface area contributed by atoms with Crippen molar-refractivity contribution in [3.05, 3.63) is 34.0 Å². The minimum Gasteiger partial charge on any atom is -0.365 e. The number of fused-ring (bicyclic) bond motifs is 1. The van der Waals surface area contributed by atoms with Crippen LogP contribution in [-0.2, 0) is 19.5 Å². The highest BCUT2D eigenvalue weighted by Gasteiger charge is 2.27. The van der Waals surface area contributed by atoms with Gasteiger partial charge in [0.15, 0.2) is 0 Å². The minimum atomic E-state index is -0.489. The first-order valence-corrected chi connectivity index (χ1v) is 8.86. The highest BCUT2D eigenvalue weighted by molar-refractivity contribution is 7.17. The van der Waals surface area contributed by atoms with E-state index in [0.717, 1.165) is 36.5 Å². The molecule has 0 atom stereocenters. The van der Waals surface area contributed by atoms with Crippen LogP contribution in [0, 0.1) is 0 Å². The lowest BCUT2D eigenvalue weighted by molar-refractivity contribution is 0.1000. The molecule has 136 valence electrons. The molecule has 0 fully saturated rings. The van der Waals surface area contributed by atoms with Crippen molar-refractivity contribution < 1.29 is 9.59 Å². The van der Waals surface area contributed by atoms with Crippen molar-refractivity contribution in [1.82, 2.24) is 14.7 Å². The smallest absolute Gasteiger partial charge is 0.274 e. The van der Waals surface area contributed by atoms with Gasteiger partial charge in [-0.1, -0.05) is 6.92 Å². The number of carbonyl (C=O) groups excluding carboxylic acids is 2. The standard InChI is InChI=1S/C16H21N5O2S.ClH/c1-3-20-8-6-10-12(9-20)24-16(13(10)14(17)22)19-15(23)11-5-7-18-21(11)4-2;/h5,7H,3-4,6,8-9H2,1-2H3,(H2,17,22)(H,19,23);1H. The van der Waals surface area contributed by atoms with Crippen LogP contribution in [0.4, 0.5) is 5.00 Å². The molecule has 1 aliphatic heterocycles. The Bertz CT molecular complexity index is 786. The molecule has 0 aliphatic carbocycles. The summed E-state index contributed by atoms with van der Waals surface area (Å²) in [6, 6.07) is 1.66. The number of likely N-dealkylation sites (N-methyl/N-ethyl adjacent to an activating group) is 1. The van der Waals surface area contributed by atoms with Crippen LogP contribution in [0.1, 0.15) is 45.1 Å². The number of primary amides is 1. The molecule has 3 N–H and O–H groups in total. The van der Waals surface area contributed by atoms with Crippen LogP contribution in [0.2, 0.25) is 0 Å². The summed E-state index contributed by atoms with van der Waals surface area (Å²) in [5.41, 5.74) is 7.50. The van der Waals surface area contributed by atoms with E-state index in [1.807, 2.05) is 6.92 Å². The summed E-state index contributed by atoms with van der Waals surface area (Å²) in [4.78, 5) is 27.9. The Morgan fingerprint density at radius 1 is 1.36 bits per heavy atom. The molecule has 0 unspecified atom stereocenters. The van der Waals surface area contributed by atoms with Crippen molar-refractivity contribution >= 4 is 40.6 Å². The number of aryl methyl sites for hydroxylation is 1. The van der Waals surface area contributed by atoms with Crippen molar-refractivity contribution in [2.75, 3.05) is 18.4 Å². The van der Waals surface area contributed by atoms with Crippen LogP contribution in [0.5, 0.6) is 0 Å². The van der Waals surface area contributed by atoms with E-state index in [0.29, 0.717) is 22.8 Å². The Labute approximate surface area is 156 Å². The number of halogens is 1. The first-order valence-electron chi connectivity index (χ1n) is 8.05. The fourth-order valence-corrected chi connectivity index (χ4v) is 4.31. The van der Waals surface area contributed by atoms with Crippen molar-refractivity contribution in [2.45, 2.75) is 33.4 Å². The molecule has 3 rings (SSSR count). The van der Waals surface area contributed by atoms with Gasteiger partial charge in [-0.2, -0.15) is 5.10 Å². The second-order valence-corrected chi connectivity index (χ2v) is 6.78. The van der Waals surface area contributed by atoms with Gasteiger partial charge in [-0.15, -0.1) is 23.7 Å². The van der Waals surface area contributed by atoms with E-state index in [2.05, 4.69) is 22.2 Å². The zero-order valence-electron chi connectivity index (χ0n) is 14.2. The van der Waals surface area contributed by atoms with Crippen molar-refractivity contribution in [3.8, 4) is 0 Å².